The summed E-state index contributed by atoms with van der Waals surface area (Å²) in [4.78, 5) is 15.6. The van der Waals surface area contributed by atoms with E-state index in [0.717, 1.165) is 12.0 Å². The fourth-order valence-electron chi connectivity index (χ4n) is 3.48. The van der Waals surface area contributed by atoms with Crippen LogP contribution in [0.3, 0.4) is 0 Å². The Kier molecular flexibility index (Phi) is 4.93. The highest BCUT2D eigenvalue weighted by atomic mass is 19.1. The summed E-state index contributed by atoms with van der Waals surface area (Å²) in [5, 5.41) is 16.4. The number of hydrogen-bond acceptors (Lipinski definition) is 6. The van der Waals surface area contributed by atoms with Gasteiger partial charge in [-0.3, -0.25) is 4.90 Å². The molecule has 3 heterocycles. The van der Waals surface area contributed by atoms with Crippen LogP contribution >= 0.6 is 0 Å². The predicted molar refractivity (Wildman–Crippen MR) is 99.2 cm³/mol. The van der Waals surface area contributed by atoms with E-state index in [1.165, 1.54) is 11.0 Å². The molecule has 0 saturated carbocycles. The zero-order valence-electron chi connectivity index (χ0n) is 15.2. The first-order valence-electron chi connectivity index (χ1n) is 9.05. The Balaban J connectivity index is 1.44. The van der Waals surface area contributed by atoms with Crippen LogP contribution in [-0.2, 0) is 11.3 Å². The summed E-state index contributed by atoms with van der Waals surface area (Å²) in [6, 6.07) is 6.92. The van der Waals surface area contributed by atoms with Crippen LogP contribution in [0.15, 0.2) is 42.2 Å². The maximum Gasteiger partial charge on any atom is 0.414 e. The molecule has 9 heteroatoms. The van der Waals surface area contributed by atoms with Gasteiger partial charge in [0.15, 0.2) is 0 Å². The number of anilines is 2. The lowest BCUT2D eigenvalue weighted by molar-refractivity contribution is 0.129. The van der Waals surface area contributed by atoms with Gasteiger partial charge in [0.2, 0.25) is 0 Å². The van der Waals surface area contributed by atoms with Crippen molar-refractivity contribution in [2.75, 3.05) is 29.4 Å². The van der Waals surface area contributed by atoms with Crippen molar-refractivity contribution in [2.24, 2.45) is 0 Å². The fourth-order valence-corrected chi connectivity index (χ4v) is 3.48. The molecule has 2 aromatic rings. The highest BCUT2D eigenvalue weighted by Crippen LogP contribution is 2.29. The lowest BCUT2D eigenvalue weighted by Gasteiger charge is -2.28. The molecule has 4 rings (SSSR count). The van der Waals surface area contributed by atoms with Gasteiger partial charge in [-0.2, -0.15) is 5.26 Å². The number of benzene rings is 1. The van der Waals surface area contributed by atoms with Crippen molar-refractivity contribution in [3.05, 3.63) is 48.1 Å². The maximum absolute atomic E-state index is 14.7. The number of halogens is 1. The third-order valence-corrected chi connectivity index (χ3v) is 4.93. The highest BCUT2D eigenvalue weighted by molar-refractivity contribution is 5.90. The van der Waals surface area contributed by atoms with Crippen LogP contribution in [-0.4, -0.2) is 46.8 Å². The van der Waals surface area contributed by atoms with Crippen molar-refractivity contribution in [1.82, 2.24) is 15.0 Å². The van der Waals surface area contributed by atoms with E-state index in [0.29, 0.717) is 44.0 Å². The number of amides is 1. The normalized spacial score (nSPS) is 19.4. The van der Waals surface area contributed by atoms with Gasteiger partial charge in [0, 0.05) is 19.3 Å². The van der Waals surface area contributed by atoms with Gasteiger partial charge >= 0.3 is 6.09 Å². The average Bonchev–Trinajstić information content (AvgIpc) is 3.32. The molecular weight excluding hydrogens is 363 g/mol. The summed E-state index contributed by atoms with van der Waals surface area (Å²) in [6.07, 6.45) is 5.52. The standard InChI is InChI=1S/C19H19FN6O2/c20-17-11-15(1-2-18(17)24-8-4-14(3-6-21)5-9-24)26-13-16(28-19(26)27)12-25-10-7-22-23-25/h1-2,4,7,10-11,16H,3,5,8-9,12-13H2/t16-/m0/s1. The van der Waals surface area contributed by atoms with Crippen molar-refractivity contribution in [3.63, 3.8) is 0 Å². The monoisotopic (exact) mass is 382 g/mol. The fraction of sp³-hybridized carbons (Fsp3) is 0.368. The summed E-state index contributed by atoms with van der Waals surface area (Å²) in [5.41, 5.74) is 2.04. The summed E-state index contributed by atoms with van der Waals surface area (Å²) in [7, 11) is 0. The van der Waals surface area contributed by atoms with Crippen LogP contribution in [0.25, 0.3) is 0 Å². The van der Waals surface area contributed by atoms with Crippen LogP contribution < -0.4 is 9.80 Å². The van der Waals surface area contributed by atoms with Gasteiger partial charge in [-0.25, -0.2) is 13.9 Å². The molecule has 2 aliphatic rings. The van der Waals surface area contributed by atoms with Gasteiger partial charge in [-0.1, -0.05) is 16.9 Å². The molecule has 0 unspecified atom stereocenters. The summed E-state index contributed by atoms with van der Waals surface area (Å²) >= 11 is 0. The number of nitrogens with zero attached hydrogens (tertiary/aromatic N) is 6. The molecule has 144 valence electrons. The number of carbonyl (C=O) groups excluding carboxylic acids is 1. The molecule has 1 amide bonds. The summed E-state index contributed by atoms with van der Waals surface area (Å²) < 4.78 is 21.7. The Labute approximate surface area is 161 Å². The Morgan fingerprint density at radius 3 is 2.96 bits per heavy atom. The molecule has 28 heavy (non-hydrogen) atoms. The molecule has 0 bridgehead atoms. The second kappa shape index (κ2) is 7.68. The SMILES string of the molecule is N#CCC1=CCN(c2ccc(N3C[C@H](Cn4ccnn4)OC3=O)cc2F)CC1. The van der Waals surface area contributed by atoms with E-state index in [-0.39, 0.29) is 11.9 Å². The largest absolute Gasteiger partial charge is 0.442 e. The van der Waals surface area contributed by atoms with E-state index in [2.05, 4.69) is 16.4 Å². The molecule has 1 aromatic heterocycles. The molecule has 1 atom stereocenters. The first kappa shape index (κ1) is 18.0. The minimum atomic E-state index is -0.501. The number of hydrogen-bond donors (Lipinski definition) is 0. The first-order valence-corrected chi connectivity index (χ1v) is 9.05. The van der Waals surface area contributed by atoms with E-state index < -0.39 is 6.09 Å². The number of rotatable bonds is 5. The Hall–Kier alpha value is -3.41. The topological polar surface area (TPSA) is 87.3 Å². The number of carbonyl (C=O) groups is 1. The quantitative estimate of drug-likeness (QED) is 0.739. The number of aromatic nitrogens is 3. The van der Waals surface area contributed by atoms with Gasteiger partial charge < -0.3 is 9.64 Å². The number of cyclic esters (lactones) is 1. The second-order valence-corrected chi connectivity index (χ2v) is 6.77. The van der Waals surface area contributed by atoms with Crippen molar-refractivity contribution in [1.29, 1.82) is 5.26 Å². The van der Waals surface area contributed by atoms with Gasteiger partial charge in [0.1, 0.15) is 11.9 Å². The molecule has 0 aliphatic carbocycles. The van der Waals surface area contributed by atoms with Crippen molar-refractivity contribution < 1.29 is 13.9 Å². The van der Waals surface area contributed by atoms with Crippen LogP contribution in [0, 0.1) is 17.1 Å². The van der Waals surface area contributed by atoms with Gasteiger partial charge in [0.25, 0.3) is 0 Å². The van der Waals surface area contributed by atoms with Gasteiger partial charge in [-0.05, 0) is 24.6 Å². The van der Waals surface area contributed by atoms with E-state index in [9.17, 15) is 9.18 Å². The van der Waals surface area contributed by atoms with E-state index in [4.69, 9.17) is 10.00 Å². The van der Waals surface area contributed by atoms with Crippen LogP contribution in [0.4, 0.5) is 20.6 Å². The minimum Gasteiger partial charge on any atom is -0.442 e. The highest BCUT2D eigenvalue weighted by Gasteiger charge is 2.33. The second-order valence-electron chi connectivity index (χ2n) is 6.77. The maximum atomic E-state index is 14.7. The molecule has 2 aliphatic heterocycles. The van der Waals surface area contributed by atoms with E-state index >= 15 is 0 Å². The zero-order chi connectivity index (χ0) is 19.5. The van der Waals surface area contributed by atoms with Gasteiger partial charge in [-0.15, -0.1) is 5.10 Å². The molecule has 1 aromatic carbocycles. The zero-order valence-corrected chi connectivity index (χ0v) is 15.2. The smallest absolute Gasteiger partial charge is 0.414 e. The third kappa shape index (κ3) is 3.67. The average molecular weight is 382 g/mol. The van der Waals surface area contributed by atoms with Crippen molar-refractivity contribution in [2.45, 2.75) is 25.5 Å². The molecule has 1 fully saturated rings. The first-order chi connectivity index (χ1) is 13.6. The van der Waals surface area contributed by atoms with Crippen molar-refractivity contribution >= 4 is 17.5 Å². The molecule has 0 spiro atoms. The Bertz CT molecular complexity index is 936. The van der Waals surface area contributed by atoms with Crippen LogP contribution in [0.5, 0.6) is 0 Å². The Morgan fingerprint density at radius 2 is 2.29 bits per heavy atom. The molecule has 8 nitrogen and oxygen atoms in total. The number of nitriles is 1. The van der Waals surface area contributed by atoms with Crippen LogP contribution in [0.1, 0.15) is 12.8 Å². The van der Waals surface area contributed by atoms with Crippen LogP contribution in [0.2, 0.25) is 0 Å². The lowest BCUT2D eigenvalue weighted by atomic mass is 10.0. The minimum absolute atomic E-state index is 0.321. The van der Waals surface area contributed by atoms with Gasteiger partial charge in [0.05, 0.1) is 43.2 Å². The molecule has 0 radical (unpaired) electrons. The third-order valence-electron chi connectivity index (χ3n) is 4.93. The Morgan fingerprint density at radius 1 is 1.39 bits per heavy atom. The van der Waals surface area contributed by atoms with Crippen molar-refractivity contribution in [3.8, 4) is 6.07 Å². The summed E-state index contributed by atoms with van der Waals surface area (Å²) in [6.45, 7) is 1.95. The molecule has 0 N–H and O–H groups in total. The predicted octanol–water partition coefficient (Wildman–Crippen LogP) is 2.49. The summed E-state index contributed by atoms with van der Waals surface area (Å²) in [5.74, 6) is -0.387. The number of ether oxygens (including phenoxy) is 1. The molecular formula is C19H19FN6O2. The molecule has 1 saturated heterocycles. The lowest BCUT2D eigenvalue weighted by Crippen LogP contribution is -2.30. The van der Waals surface area contributed by atoms with E-state index in [1.807, 2.05) is 11.0 Å². The van der Waals surface area contributed by atoms with E-state index in [1.54, 1.807) is 29.2 Å².